The summed E-state index contributed by atoms with van der Waals surface area (Å²) in [7, 11) is 1.61. The maximum Gasteiger partial charge on any atom is 0.334 e. The van der Waals surface area contributed by atoms with E-state index >= 15 is 0 Å². The maximum absolute atomic E-state index is 13.9. The summed E-state index contributed by atoms with van der Waals surface area (Å²) in [5.41, 5.74) is 0.0127. The number of amides is 1. The Morgan fingerprint density at radius 2 is 1.44 bits per heavy atom. The molecule has 3 heterocycles. The Bertz CT molecular complexity index is 1620. The summed E-state index contributed by atoms with van der Waals surface area (Å²) in [4.78, 5) is 48.3. The zero-order valence-corrected chi connectivity index (χ0v) is 29.3. The van der Waals surface area contributed by atoms with Crippen LogP contribution in [-0.2, 0) is 26.3 Å². The second-order valence-corrected chi connectivity index (χ2v) is 14.7. The van der Waals surface area contributed by atoms with Gasteiger partial charge in [0.25, 0.3) is 0 Å². The van der Waals surface area contributed by atoms with Gasteiger partial charge in [-0.05, 0) is 56.2 Å². The van der Waals surface area contributed by atoms with Crippen molar-refractivity contribution in [2.75, 3.05) is 46.3 Å². The number of carboxylic acids is 2. The van der Waals surface area contributed by atoms with Crippen molar-refractivity contribution >= 4 is 41.0 Å². The third-order valence-electron chi connectivity index (χ3n) is 11.2. The highest BCUT2D eigenvalue weighted by Crippen LogP contribution is 2.51. The van der Waals surface area contributed by atoms with Gasteiger partial charge in [-0.15, -0.1) is 0 Å². The fourth-order valence-electron chi connectivity index (χ4n) is 9.05. The Balaban J connectivity index is 1.20. The van der Waals surface area contributed by atoms with Gasteiger partial charge in [-0.3, -0.25) is 14.6 Å². The van der Waals surface area contributed by atoms with Gasteiger partial charge in [0, 0.05) is 85.9 Å². The highest BCUT2D eigenvalue weighted by atomic mass is 35.5. The van der Waals surface area contributed by atoms with Crippen molar-refractivity contribution in [3.05, 3.63) is 92.2 Å². The van der Waals surface area contributed by atoms with Crippen LogP contribution in [0.1, 0.15) is 50.7 Å². The van der Waals surface area contributed by atoms with Gasteiger partial charge in [0.05, 0.1) is 23.0 Å². The highest BCUT2D eigenvalue weighted by Gasteiger charge is 2.51. The minimum atomic E-state index is -1.72. The third kappa shape index (κ3) is 6.26. The molecule has 0 aromatic heterocycles. The number of rotatable bonds is 8. The first-order valence-corrected chi connectivity index (χ1v) is 17.5. The predicted molar refractivity (Wildman–Crippen MR) is 186 cm³/mol. The monoisotopic (exact) mass is 694 g/mol. The average molecular weight is 696 g/mol. The van der Waals surface area contributed by atoms with Crippen LogP contribution in [-0.4, -0.2) is 100 Å². The number of hydrogen-bond donors (Lipinski definition) is 2. The first kappa shape index (κ1) is 34.5. The van der Waals surface area contributed by atoms with E-state index in [9.17, 15) is 24.6 Å². The molecule has 48 heavy (non-hydrogen) atoms. The molecule has 3 unspecified atom stereocenters. The first-order valence-electron chi connectivity index (χ1n) is 16.8. The number of aliphatic carboxylic acids is 2. The van der Waals surface area contributed by atoms with E-state index in [2.05, 4.69) is 40.1 Å². The molecule has 1 saturated carbocycles. The lowest BCUT2D eigenvalue weighted by Gasteiger charge is -2.53. The normalized spacial score (nSPS) is 27.0. The fraction of sp³-hybridized carbons (Fsp3) is 0.486. The number of carbonyl (C=O) groups excluding carboxylic acids is 1. The number of carbonyl (C=O) groups is 3. The van der Waals surface area contributed by atoms with Gasteiger partial charge in [-0.1, -0.05) is 66.0 Å². The summed E-state index contributed by atoms with van der Waals surface area (Å²) in [5, 5.41) is 21.3. The second kappa shape index (κ2) is 13.9. The van der Waals surface area contributed by atoms with Crippen LogP contribution in [0.4, 0.5) is 0 Å². The minimum absolute atomic E-state index is 0.150. The van der Waals surface area contributed by atoms with Gasteiger partial charge in [-0.25, -0.2) is 9.59 Å². The van der Waals surface area contributed by atoms with Gasteiger partial charge in [-0.2, -0.15) is 0 Å². The van der Waals surface area contributed by atoms with E-state index in [1.807, 2.05) is 4.90 Å². The third-order valence-corrected chi connectivity index (χ3v) is 11.8. The number of fused-ring (bicyclic) bond motifs is 2. The van der Waals surface area contributed by atoms with Crippen LogP contribution < -0.4 is 0 Å². The smallest absolute Gasteiger partial charge is 0.334 e. The first-order chi connectivity index (χ1) is 22.9. The quantitative estimate of drug-likeness (QED) is 0.361. The van der Waals surface area contributed by atoms with Crippen molar-refractivity contribution in [2.45, 2.75) is 57.5 Å². The zero-order chi connectivity index (χ0) is 34.3. The van der Waals surface area contributed by atoms with Gasteiger partial charge in [0.1, 0.15) is 0 Å². The molecule has 2 aromatic rings. The highest BCUT2D eigenvalue weighted by molar-refractivity contribution is 6.36. The maximum atomic E-state index is 13.9. The number of carboxylic acid groups (broad SMARTS) is 2. The number of piperidine rings is 1. The Labute approximate surface area is 292 Å². The molecule has 2 bridgehead atoms. The van der Waals surface area contributed by atoms with Crippen molar-refractivity contribution in [3.8, 4) is 0 Å². The molecule has 11 heteroatoms. The number of allylic oxidation sites excluding steroid dienone is 1. The van der Waals surface area contributed by atoms with Crippen LogP contribution in [0, 0.1) is 11.8 Å². The molecule has 0 radical (unpaired) electrons. The molecule has 2 N–H and O–H groups in total. The number of benzene rings is 2. The molecule has 2 aromatic carbocycles. The summed E-state index contributed by atoms with van der Waals surface area (Å²) in [6, 6.07) is 15.9. The fourth-order valence-corrected chi connectivity index (χ4v) is 9.82. The van der Waals surface area contributed by atoms with Crippen LogP contribution in [0.15, 0.2) is 71.1 Å². The number of likely N-dealkylation sites (tertiary alicyclic amines) is 1. The second-order valence-electron chi connectivity index (χ2n) is 13.9. The SMILES string of the molecule is CC1=C(C(=O)O)C(C)(c2c(Cl)cccc2Cl)C(C(=O)O)=C(CC(=O)N2CCN(C3C4CCCC3CN(Cc3ccccc3)C4)CC2)N1C. The van der Waals surface area contributed by atoms with E-state index in [-0.39, 0.29) is 44.8 Å². The standard InChI is InChI=1S/C37H44Cl2N4O5/c1-23-31(35(45)46)37(2,32-27(38)13-8-14-28(32)39)33(36(47)48)29(40(23)3)19-30(44)42-15-17-43(18-16-42)34-25-11-7-12-26(34)22-41(21-25)20-24-9-5-4-6-10-24/h4-6,8-10,13-14,25-26,34H,7,11-12,15-22H2,1-3H3,(H,45,46)(H,47,48). The van der Waals surface area contributed by atoms with Gasteiger partial charge in [0.2, 0.25) is 5.91 Å². The lowest BCUT2D eigenvalue weighted by Crippen LogP contribution is -2.62. The zero-order valence-electron chi connectivity index (χ0n) is 27.8. The van der Waals surface area contributed by atoms with Crippen molar-refractivity contribution in [1.82, 2.24) is 19.6 Å². The minimum Gasteiger partial charge on any atom is -0.478 e. The molecule has 3 aliphatic heterocycles. The summed E-state index contributed by atoms with van der Waals surface area (Å²) in [6.45, 7) is 8.98. The van der Waals surface area contributed by atoms with Gasteiger partial charge < -0.3 is 20.0 Å². The van der Waals surface area contributed by atoms with Crippen molar-refractivity contribution in [1.29, 1.82) is 0 Å². The topological polar surface area (TPSA) is 105 Å². The molecule has 3 atom stereocenters. The Morgan fingerprint density at radius 3 is 2.00 bits per heavy atom. The molecular formula is C37H44Cl2N4O5. The van der Waals surface area contributed by atoms with Crippen molar-refractivity contribution < 1.29 is 24.6 Å². The molecule has 3 fully saturated rings. The molecule has 256 valence electrons. The summed E-state index contributed by atoms with van der Waals surface area (Å²) in [6.07, 6.45) is 3.53. The van der Waals surface area contributed by atoms with Crippen molar-refractivity contribution in [2.24, 2.45) is 11.8 Å². The van der Waals surface area contributed by atoms with E-state index in [0.29, 0.717) is 36.7 Å². The Morgan fingerprint density at radius 1 is 0.854 bits per heavy atom. The lowest BCUT2D eigenvalue weighted by molar-refractivity contribution is -0.134. The number of halogens is 2. The summed E-state index contributed by atoms with van der Waals surface area (Å²) < 4.78 is 0. The molecule has 2 saturated heterocycles. The van der Waals surface area contributed by atoms with Gasteiger partial charge in [0.15, 0.2) is 0 Å². The molecule has 1 amide bonds. The molecular weight excluding hydrogens is 651 g/mol. The van der Waals surface area contributed by atoms with E-state index in [4.69, 9.17) is 23.2 Å². The summed E-state index contributed by atoms with van der Waals surface area (Å²) >= 11 is 13.2. The van der Waals surface area contributed by atoms with E-state index < -0.39 is 17.4 Å². The Hall–Kier alpha value is -3.37. The average Bonchev–Trinajstić information content (AvgIpc) is 3.03. The van der Waals surface area contributed by atoms with Crippen LogP contribution in [0.5, 0.6) is 0 Å². The van der Waals surface area contributed by atoms with Crippen LogP contribution in [0.2, 0.25) is 10.0 Å². The molecule has 0 spiro atoms. The van der Waals surface area contributed by atoms with E-state index in [1.165, 1.54) is 36.6 Å². The van der Waals surface area contributed by atoms with E-state index in [0.717, 1.165) is 32.7 Å². The molecule has 6 rings (SSSR count). The number of piperazine rings is 1. The van der Waals surface area contributed by atoms with E-state index in [1.54, 1.807) is 32.2 Å². The van der Waals surface area contributed by atoms with Crippen LogP contribution in [0.25, 0.3) is 0 Å². The van der Waals surface area contributed by atoms with Crippen molar-refractivity contribution in [3.63, 3.8) is 0 Å². The lowest BCUT2D eigenvalue weighted by atomic mass is 9.66. The Kier molecular flexibility index (Phi) is 9.96. The predicted octanol–water partition coefficient (Wildman–Crippen LogP) is 5.73. The summed E-state index contributed by atoms with van der Waals surface area (Å²) in [5.74, 6) is -1.59. The number of nitrogens with zero attached hydrogens (tertiary/aromatic N) is 4. The van der Waals surface area contributed by atoms with Crippen LogP contribution in [0.3, 0.4) is 0 Å². The molecule has 1 aliphatic carbocycles. The van der Waals surface area contributed by atoms with Crippen LogP contribution >= 0.6 is 23.2 Å². The largest absolute Gasteiger partial charge is 0.478 e. The molecule has 9 nitrogen and oxygen atoms in total. The molecule has 4 aliphatic rings. The van der Waals surface area contributed by atoms with Gasteiger partial charge >= 0.3 is 11.9 Å². The number of hydrogen-bond acceptors (Lipinski definition) is 6.